The van der Waals surface area contributed by atoms with Crippen LogP contribution in [0, 0.1) is 40.9 Å². The number of aromatic hydroxyl groups is 1. The molecule has 1 spiro atoms. The van der Waals surface area contributed by atoms with Crippen molar-refractivity contribution in [2.75, 3.05) is 38.2 Å². The van der Waals surface area contributed by atoms with Crippen LogP contribution in [0.4, 0.5) is 0 Å². The van der Waals surface area contributed by atoms with Crippen molar-refractivity contribution < 1.29 is 29.6 Å². The second kappa shape index (κ2) is 24.0. The second-order valence-corrected chi connectivity index (χ2v) is 24.4. The number of aryl methyl sites for hydroxylation is 3. The van der Waals surface area contributed by atoms with Gasteiger partial charge >= 0.3 is 0 Å². The van der Waals surface area contributed by atoms with Crippen molar-refractivity contribution in [3.63, 3.8) is 0 Å². The van der Waals surface area contributed by atoms with Crippen LogP contribution in [-0.4, -0.2) is 87.8 Å². The molecular weight excluding hydrogens is 893 g/mol. The topological polar surface area (TPSA) is 208 Å². The summed E-state index contributed by atoms with van der Waals surface area (Å²) in [5.41, 5.74) is 18.5. The molecule has 378 valence electrons. The number of aliphatic imine (C=N–C) groups is 1. The molecule has 12 nitrogen and oxygen atoms in total. The van der Waals surface area contributed by atoms with E-state index in [0.717, 1.165) is 84.4 Å². The van der Waals surface area contributed by atoms with Crippen molar-refractivity contribution in [3.05, 3.63) is 69.9 Å². The summed E-state index contributed by atoms with van der Waals surface area (Å²) in [5, 5.41) is 49.8. The van der Waals surface area contributed by atoms with Crippen molar-refractivity contribution in [1.29, 1.82) is 0 Å². The molecule has 3 aromatic rings. The van der Waals surface area contributed by atoms with Crippen molar-refractivity contribution >= 4 is 27.5 Å². The number of guanidine groups is 1. The molecule has 68 heavy (non-hydrogen) atoms. The van der Waals surface area contributed by atoms with Gasteiger partial charge < -0.3 is 56.7 Å². The van der Waals surface area contributed by atoms with Gasteiger partial charge in [0, 0.05) is 79.4 Å². The van der Waals surface area contributed by atoms with E-state index in [1.54, 1.807) is 13.1 Å². The number of fused-ring (bicyclic) bond motifs is 5. The van der Waals surface area contributed by atoms with E-state index in [-0.39, 0.29) is 25.0 Å². The van der Waals surface area contributed by atoms with Gasteiger partial charge in [-0.15, -0.1) is 0 Å². The number of benzene rings is 1. The smallest absolute Gasteiger partial charge is 0.188 e. The Morgan fingerprint density at radius 3 is 2.62 bits per heavy atom. The SMILES string of the molecule is CN=C(N)N[C@@H]1CSSC[C@H]2C[C@@H](CC[C@H]1C)[C@H](CCCCc1oc(CCc3ccc(O)c(OC[C@H](O)c4cc5c([nH]4)CC4(CCCC4)[C@@H]4CCC[C@@H]4[C@H]5CNC[C@H](C)O)c3)cc1CO)C[C@@H]2N. The summed E-state index contributed by atoms with van der Waals surface area (Å²) in [6, 6.07) is 10.2. The minimum Gasteiger partial charge on any atom is -0.504 e. The lowest BCUT2D eigenvalue weighted by molar-refractivity contribution is 0.101. The maximum absolute atomic E-state index is 11.6. The molecule has 11 N–H and O–H groups in total. The summed E-state index contributed by atoms with van der Waals surface area (Å²) in [6.45, 7) is 5.54. The average Bonchev–Trinajstić information content (AvgIpc) is 4.16. The zero-order valence-electron chi connectivity index (χ0n) is 41.2. The predicted molar refractivity (Wildman–Crippen MR) is 277 cm³/mol. The first-order valence-electron chi connectivity index (χ1n) is 26.4. The van der Waals surface area contributed by atoms with E-state index in [0.29, 0.717) is 78.1 Å². The molecule has 3 heterocycles. The van der Waals surface area contributed by atoms with Gasteiger partial charge in [0.05, 0.1) is 12.7 Å². The van der Waals surface area contributed by atoms with Crippen LogP contribution in [0.15, 0.2) is 39.7 Å². The molecule has 0 amide bonds. The van der Waals surface area contributed by atoms with Gasteiger partial charge in [-0.1, -0.05) is 66.7 Å². The van der Waals surface area contributed by atoms with Crippen LogP contribution in [-0.2, 0) is 32.3 Å². The Morgan fingerprint density at radius 2 is 1.82 bits per heavy atom. The number of ether oxygens (including phenoxy) is 1. The lowest BCUT2D eigenvalue weighted by Gasteiger charge is -2.40. The fourth-order valence-electron chi connectivity index (χ4n) is 13.4. The Kier molecular flexibility index (Phi) is 18.2. The quantitative estimate of drug-likeness (QED) is 0.0254. The molecule has 5 aliphatic rings. The Balaban J connectivity index is 0.839. The number of H-pyrrole nitrogens is 1. The zero-order valence-corrected chi connectivity index (χ0v) is 42.9. The highest BCUT2D eigenvalue weighted by Crippen LogP contribution is 2.60. The second-order valence-electron chi connectivity index (χ2n) is 21.8. The van der Waals surface area contributed by atoms with E-state index in [1.807, 2.05) is 46.7 Å². The zero-order chi connectivity index (χ0) is 47.8. The molecule has 2 bridgehead atoms. The number of aromatic amines is 1. The highest BCUT2D eigenvalue weighted by Gasteiger charge is 2.51. The average molecular weight is 977 g/mol. The van der Waals surface area contributed by atoms with Crippen LogP contribution >= 0.6 is 21.6 Å². The molecule has 8 rings (SSSR count). The van der Waals surface area contributed by atoms with Crippen LogP contribution in [0.1, 0.15) is 155 Å². The largest absolute Gasteiger partial charge is 0.504 e. The summed E-state index contributed by atoms with van der Waals surface area (Å²) in [5.74, 6) is 8.78. The standard InChI is InChI=1S/C54H84N6O6S2/c1-33-13-16-37-22-39(31-67-68-32-48(33)60-53(56)57-3)45(55)24-36(37)9-4-5-12-51-38(29-61)23-40(66-51)17-14-35-15-18-49(63)52(21-35)65-30-50(64)46-25-42-43(28-58-27-34(2)62)41-10-8-11-44(41)54(19-6-7-20-54)26-47(42)59-46/h15,18,21,23,25,33-34,36-37,39,41,43-45,48,50,58-59,61-64H,4-14,16-17,19-20,22,24,26-32,55H2,1-3H3,(H3,56,57,60)/t33-,34+,36-,37-,39-,41-,43-,44-,45+,48-,50+/m1/s1. The molecular formula is C54H84N6O6S2. The molecule has 11 atom stereocenters. The van der Waals surface area contributed by atoms with Gasteiger partial charge in [-0.3, -0.25) is 4.99 Å². The number of furan rings is 1. The molecule has 0 unspecified atom stereocenters. The van der Waals surface area contributed by atoms with E-state index in [9.17, 15) is 20.4 Å². The third kappa shape index (κ3) is 12.6. The van der Waals surface area contributed by atoms with E-state index < -0.39 is 12.2 Å². The Labute approximate surface area is 414 Å². The van der Waals surface area contributed by atoms with E-state index in [2.05, 4.69) is 33.6 Å². The number of rotatable bonds is 18. The van der Waals surface area contributed by atoms with Gasteiger partial charge in [-0.2, -0.15) is 0 Å². The Morgan fingerprint density at radius 1 is 1.00 bits per heavy atom. The third-order valence-electron chi connectivity index (χ3n) is 17.3. The summed E-state index contributed by atoms with van der Waals surface area (Å²) < 4.78 is 12.6. The first kappa shape index (κ1) is 51.5. The highest BCUT2D eigenvalue weighted by atomic mass is 33.1. The summed E-state index contributed by atoms with van der Waals surface area (Å²) in [6.07, 6.45) is 18.9. The summed E-state index contributed by atoms with van der Waals surface area (Å²) in [4.78, 5) is 7.86. The predicted octanol–water partition coefficient (Wildman–Crippen LogP) is 8.69. The number of nitrogens with two attached hydrogens (primary N) is 2. The normalized spacial score (nSPS) is 29.5. The number of aromatic nitrogens is 1. The van der Waals surface area contributed by atoms with E-state index in [4.69, 9.17) is 20.6 Å². The number of aliphatic hydroxyl groups excluding tert-OH is 3. The lowest BCUT2D eigenvalue weighted by Crippen LogP contribution is -2.45. The number of nitrogens with zero attached hydrogens (tertiary/aromatic N) is 1. The number of phenolic OH excluding ortho intramolecular Hbond substituents is 1. The summed E-state index contributed by atoms with van der Waals surface area (Å²) >= 11 is 0. The van der Waals surface area contributed by atoms with Gasteiger partial charge in [0.15, 0.2) is 17.5 Å². The highest BCUT2D eigenvalue weighted by molar-refractivity contribution is 8.76. The maximum Gasteiger partial charge on any atom is 0.188 e. The van der Waals surface area contributed by atoms with Crippen molar-refractivity contribution in [2.45, 2.75) is 166 Å². The Hall–Kier alpha value is -2.85. The minimum atomic E-state index is -0.888. The number of phenols is 1. The van der Waals surface area contributed by atoms with Crippen LogP contribution in [0.2, 0.25) is 0 Å². The van der Waals surface area contributed by atoms with Gasteiger partial charge in [-0.25, -0.2) is 0 Å². The van der Waals surface area contributed by atoms with Crippen LogP contribution in [0.3, 0.4) is 0 Å². The number of nitrogens with one attached hydrogen (secondary N) is 3. The van der Waals surface area contributed by atoms with Gasteiger partial charge in [0.25, 0.3) is 0 Å². The van der Waals surface area contributed by atoms with E-state index in [1.165, 1.54) is 81.9 Å². The van der Waals surface area contributed by atoms with Crippen LogP contribution in [0.5, 0.6) is 11.5 Å². The number of hydrogen-bond donors (Lipinski definition) is 9. The number of aliphatic hydroxyl groups is 3. The number of unbranched alkanes of at least 4 members (excludes halogenated alkanes) is 1. The van der Waals surface area contributed by atoms with Gasteiger partial charge in [-0.05, 0) is 154 Å². The number of hydrogen-bond acceptors (Lipinski definition) is 11. The molecule has 1 aliphatic heterocycles. The Bertz CT molecular complexity index is 2090. The molecule has 4 fully saturated rings. The van der Waals surface area contributed by atoms with Crippen LogP contribution < -0.4 is 26.8 Å². The third-order valence-corrected chi connectivity index (χ3v) is 19.8. The fourth-order valence-corrected chi connectivity index (χ4v) is 16.3. The summed E-state index contributed by atoms with van der Waals surface area (Å²) in [7, 11) is 5.65. The minimum absolute atomic E-state index is 0.00949. The monoisotopic (exact) mass is 977 g/mol. The first-order valence-corrected chi connectivity index (χ1v) is 28.9. The van der Waals surface area contributed by atoms with Gasteiger partial charge in [0.2, 0.25) is 0 Å². The fraction of sp³-hybridized carbons (Fsp3) is 0.722. The molecule has 3 saturated carbocycles. The molecule has 1 saturated heterocycles. The molecule has 1 aromatic carbocycles. The lowest BCUT2D eigenvalue weighted by atomic mass is 9.66. The van der Waals surface area contributed by atoms with Crippen molar-refractivity contribution in [2.24, 2.45) is 57.4 Å². The van der Waals surface area contributed by atoms with Crippen LogP contribution in [0.25, 0.3) is 0 Å². The molecule has 0 radical (unpaired) electrons. The van der Waals surface area contributed by atoms with Crippen molar-refractivity contribution in [1.82, 2.24) is 15.6 Å². The molecule has 2 aromatic heterocycles. The first-order chi connectivity index (χ1) is 32.9. The molecule has 14 heteroatoms. The van der Waals surface area contributed by atoms with E-state index >= 15 is 0 Å². The molecule has 4 aliphatic carbocycles. The maximum atomic E-state index is 11.6. The van der Waals surface area contributed by atoms with Gasteiger partial charge in [0.1, 0.15) is 24.2 Å². The van der Waals surface area contributed by atoms with Crippen molar-refractivity contribution in [3.8, 4) is 11.5 Å².